The maximum absolute atomic E-state index is 14.2. The van der Waals surface area contributed by atoms with Crippen molar-refractivity contribution in [2.45, 2.75) is 90.2 Å². The average Bonchev–Trinajstić information content (AvgIpc) is 3.29. The Morgan fingerprint density at radius 3 is 2.36 bits per heavy atom. The second-order valence-electron chi connectivity index (χ2n) is 12.7. The van der Waals surface area contributed by atoms with Gasteiger partial charge < -0.3 is 15.2 Å². The fraction of sp³-hybridized carbons (Fsp3) is 0.733. The molecular weight excluding hydrogens is 518 g/mol. The van der Waals surface area contributed by atoms with Crippen LogP contribution >= 0.6 is 0 Å². The van der Waals surface area contributed by atoms with E-state index in [0.29, 0.717) is 19.4 Å². The minimum absolute atomic E-state index is 0.0199. The largest absolute Gasteiger partial charge is 0.460 e. The predicted octanol–water partition coefficient (Wildman–Crippen LogP) is 4.42. The number of ether oxygens (including phenoxy) is 2. The van der Waals surface area contributed by atoms with E-state index in [1.54, 1.807) is 19.2 Å². The Hall–Kier alpha value is -1.81. The fourth-order valence-corrected chi connectivity index (χ4v) is 9.15. The van der Waals surface area contributed by atoms with Crippen molar-refractivity contribution in [3.63, 3.8) is 0 Å². The maximum Gasteiger partial charge on any atom is 0.333 e. The van der Waals surface area contributed by atoms with Crippen LogP contribution in [0.1, 0.15) is 71.8 Å². The van der Waals surface area contributed by atoms with Gasteiger partial charge in [0.1, 0.15) is 11.9 Å². The predicted molar refractivity (Wildman–Crippen MR) is 147 cm³/mol. The first kappa shape index (κ1) is 30.2. The Labute approximate surface area is 233 Å². The van der Waals surface area contributed by atoms with Gasteiger partial charge in [0.15, 0.2) is 6.61 Å². The number of hydrogen-bond acceptors (Lipinski definition) is 8. The van der Waals surface area contributed by atoms with Gasteiger partial charge in [0, 0.05) is 29.8 Å². The van der Waals surface area contributed by atoms with Crippen LogP contribution in [0.5, 0.6) is 0 Å². The van der Waals surface area contributed by atoms with E-state index in [2.05, 4.69) is 20.8 Å². The van der Waals surface area contributed by atoms with Gasteiger partial charge in [0.2, 0.25) is 0 Å². The highest BCUT2D eigenvalue weighted by Gasteiger charge is 2.68. The van der Waals surface area contributed by atoms with Gasteiger partial charge in [0.05, 0.1) is 11.0 Å². The zero-order chi connectivity index (χ0) is 28.8. The maximum atomic E-state index is 14.2. The van der Waals surface area contributed by atoms with E-state index in [0.717, 1.165) is 31.2 Å². The quantitative estimate of drug-likeness (QED) is 0.364. The summed E-state index contributed by atoms with van der Waals surface area (Å²) in [6.07, 6.45) is 3.73. The van der Waals surface area contributed by atoms with E-state index in [9.17, 15) is 18.0 Å². The molecular formula is C30H45NO7S. The molecule has 218 valence electrons. The molecule has 9 heteroatoms. The second-order valence-corrected chi connectivity index (χ2v) is 14.3. The Morgan fingerprint density at radius 1 is 1.10 bits per heavy atom. The Balaban J connectivity index is 1.68. The van der Waals surface area contributed by atoms with E-state index in [1.165, 1.54) is 12.1 Å². The molecule has 0 aliphatic heterocycles. The molecule has 8 atom stereocenters. The van der Waals surface area contributed by atoms with Gasteiger partial charge in [-0.05, 0) is 75.5 Å². The molecule has 4 rings (SSSR count). The third-order valence-corrected chi connectivity index (χ3v) is 12.0. The second kappa shape index (κ2) is 10.9. The van der Waals surface area contributed by atoms with Gasteiger partial charge in [0.25, 0.3) is 10.1 Å². The number of rotatable bonds is 8. The number of hydrogen-bond donors (Lipinski definition) is 1. The zero-order valence-corrected chi connectivity index (χ0v) is 25.0. The summed E-state index contributed by atoms with van der Waals surface area (Å²) in [5.41, 5.74) is 5.42. The molecule has 0 amide bonds. The van der Waals surface area contributed by atoms with E-state index in [1.807, 2.05) is 13.8 Å². The molecule has 0 radical (unpaired) electrons. The van der Waals surface area contributed by atoms with Crippen molar-refractivity contribution >= 4 is 21.9 Å². The highest BCUT2D eigenvalue weighted by Crippen LogP contribution is 2.68. The van der Waals surface area contributed by atoms with Crippen LogP contribution in [0, 0.1) is 40.9 Å². The van der Waals surface area contributed by atoms with Crippen molar-refractivity contribution in [3.8, 4) is 0 Å². The molecule has 3 aliphatic rings. The number of ketones is 1. The molecule has 2 bridgehead atoms. The number of methoxy groups -OCH3 is 1. The molecule has 8 nitrogen and oxygen atoms in total. The Morgan fingerprint density at radius 2 is 1.74 bits per heavy atom. The molecule has 2 N–H and O–H groups in total. The standard InChI is InChI=1S/C30H45NO7S/c1-19-7-9-22(10-8-19)39(34,35)37-18-25(32)38-24-17-28(4,15-16-31)27(33)21(3)30-13-11-20(2)29(24,5)26(30)23(36-6)12-14-30/h7-10,20-21,23-24,26H,11-18,31H2,1-6H3/t20-,21+,23-,24-,26?,28+,29+,30+/m1/s1. The van der Waals surface area contributed by atoms with Gasteiger partial charge in [-0.25, -0.2) is 4.79 Å². The monoisotopic (exact) mass is 563 g/mol. The molecule has 39 heavy (non-hydrogen) atoms. The number of Topliss-reactive ketones (excluding diaryl/α,β-unsaturated/α-hetero) is 1. The molecule has 0 heterocycles. The van der Waals surface area contributed by atoms with Crippen LogP contribution in [0.2, 0.25) is 0 Å². The fourth-order valence-electron chi connectivity index (χ4n) is 8.30. The van der Waals surface area contributed by atoms with E-state index in [-0.39, 0.29) is 40.0 Å². The molecule has 1 aromatic carbocycles. The van der Waals surface area contributed by atoms with Crippen LogP contribution < -0.4 is 5.73 Å². The molecule has 3 aliphatic carbocycles. The lowest BCUT2D eigenvalue weighted by Gasteiger charge is -2.62. The average molecular weight is 564 g/mol. The van der Waals surface area contributed by atoms with Gasteiger partial charge in [-0.1, -0.05) is 45.4 Å². The van der Waals surface area contributed by atoms with Crippen molar-refractivity contribution in [1.29, 1.82) is 0 Å². The SMILES string of the molecule is CO[C@@H]1CC[C@]23CC[C@@H](C)[C@](C)(C12)[C@H](OC(=O)COS(=O)(=O)c1ccc(C)cc1)C[C@](C)(CCN)C(=O)[C@@H]3C. The van der Waals surface area contributed by atoms with Crippen LogP contribution in [0.15, 0.2) is 29.2 Å². The lowest BCUT2D eigenvalue weighted by Crippen LogP contribution is -2.63. The highest BCUT2D eigenvalue weighted by atomic mass is 32.2. The minimum Gasteiger partial charge on any atom is -0.460 e. The molecule has 1 unspecified atom stereocenters. The lowest BCUT2D eigenvalue weighted by molar-refractivity contribution is -0.207. The third kappa shape index (κ3) is 5.09. The summed E-state index contributed by atoms with van der Waals surface area (Å²) in [6.45, 7) is 9.86. The minimum atomic E-state index is -4.14. The van der Waals surface area contributed by atoms with Gasteiger partial charge in [-0.15, -0.1) is 0 Å². The lowest BCUT2D eigenvalue weighted by atomic mass is 9.43. The summed E-state index contributed by atoms with van der Waals surface area (Å²) in [7, 11) is -2.41. The molecule has 0 saturated heterocycles. The van der Waals surface area contributed by atoms with Crippen molar-refractivity contribution in [1.82, 2.24) is 0 Å². The summed E-state index contributed by atoms with van der Waals surface area (Å²) in [4.78, 5) is 27.4. The summed E-state index contributed by atoms with van der Waals surface area (Å²) in [5, 5.41) is 0. The van der Waals surface area contributed by atoms with Crippen LogP contribution in [0.25, 0.3) is 0 Å². The summed E-state index contributed by atoms with van der Waals surface area (Å²) in [6, 6.07) is 6.24. The number of benzene rings is 1. The van der Waals surface area contributed by atoms with Crippen LogP contribution in [-0.4, -0.2) is 52.6 Å². The zero-order valence-electron chi connectivity index (χ0n) is 24.2. The Kier molecular flexibility index (Phi) is 8.41. The first-order chi connectivity index (χ1) is 18.2. The first-order valence-electron chi connectivity index (χ1n) is 14.2. The van der Waals surface area contributed by atoms with Gasteiger partial charge >= 0.3 is 5.97 Å². The number of carbonyl (C=O) groups is 2. The van der Waals surface area contributed by atoms with Gasteiger partial charge in [-0.2, -0.15) is 8.42 Å². The number of esters is 1. The number of carbonyl (C=O) groups excluding carboxylic acids is 2. The van der Waals surface area contributed by atoms with E-state index >= 15 is 0 Å². The van der Waals surface area contributed by atoms with E-state index in [4.69, 9.17) is 19.4 Å². The number of nitrogens with two attached hydrogens (primary N) is 1. The summed E-state index contributed by atoms with van der Waals surface area (Å²) >= 11 is 0. The molecule has 3 saturated carbocycles. The third-order valence-electron chi connectivity index (χ3n) is 10.8. The van der Waals surface area contributed by atoms with Crippen molar-refractivity contribution in [2.75, 3.05) is 20.3 Å². The normalized spacial score (nSPS) is 38.5. The van der Waals surface area contributed by atoms with Gasteiger partial charge in [-0.3, -0.25) is 8.98 Å². The summed E-state index contributed by atoms with van der Waals surface area (Å²) in [5.74, 6) is -0.529. The molecule has 1 aromatic rings. The topological polar surface area (TPSA) is 122 Å². The molecule has 3 fully saturated rings. The highest BCUT2D eigenvalue weighted by molar-refractivity contribution is 7.86. The smallest absolute Gasteiger partial charge is 0.333 e. The van der Waals surface area contributed by atoms with E-state index < -0.39 is 39.6 Å². The van der Waals surface area contributed by atoms with Crippen molar-refractivity contribution in [2.24, 2.45) is 39.7 Å². The van der Waals surface area contributed by atoms with Crippen LogP contribution in [-0.2, 0) is 33.4 Å². The first-order valence-corrected chi connectivity index (χ1v) is 15.6. The number of aryl methyl sites for hydroxylation is 1. The molecule has 0 aromatic heterocycles. The summed E-state index contributed by atoms with van der Waals surface area (Å²) < 4.78 is 42.8. The van der Waals surface area contributed by atoms with Crippen molar-refractivity contribution < 1.29 is 31.7 Å². The van der Waals surface area contributed by atoms with Crippen molar-refractivity contribution in [3.05, 3.63) is 29.8 Å². The van der Waals surface area contributed by atoms with Crippen LogP contribution in [0.4, 0.5) is 0 Å². The van der Waals surface area contributed by atoms with Crippen LogP contribution in [0.3, 0.4) is 0 Å². The Bertz CT molecular complexity index is 1180. The molecule has 0 spiro atoms.